The molecule has 146 valence electrons. The molecule has 0 radical (unpaired) electrons. The lowest BCUT2D eigenvalue weighted by atomic mass is 9.94. The van der Waals surface area contributed by atoms with Crippen LogP contribution in [-0.2, 0) is 15.6 Å². The topological polar surface area (TPSA) is 83.1 Å². The van der Waals surface area contributed by atoms with E-state index < -0.39 is 0 Å². The van der Waals surface area contributed by atoms with Gasteiger partial charge in [-0.2, -0.15) is 0 Å². The molecule has 0 saturated carbocycles. The van der Waals surface area contributed by atoms with E-state index in [0.717, 1.165) is 27.6 Å². The van der Waals surface area contributed by atoms with E-state index in [-0.39, 0.29) is 12.1 Å². The van der Waals surface area contributed by atoms with Crippen LogP contribution in [0.2, 0.25) is 0 Å². The first-order valence-corrected chi connectivity index (χ1v) is 10.8. The molecule has 1 amide bonds. The van der Waals surface area contributed by atoms with Gasteiger partial charge in [-0.25, -0.2) is 14.8 Å². The molecular formula is C20H22IN5O2. The van der Waals surface area contributed by atoms with Crippen LogP contribution >= 0.6 is 22.6 Å². The zero-order chi connectivity index (χ0) is 19.7. The number of carbonyl (C=O) groups is 1. The average Bonchev–Trinajstić information content (AvgIpc) is 3.11. The van der Waals surface area contributed by atoms with Crippen LogP contribution in [0.4, 0.5) is 10.7 Å². The second-order valence-electron chi connectivity index (χ2n) is 6.67. The minimum absolute atomic E-state index is 0.302. The lowest BCUT2D eigenvalue weighted by Crippen LogP contribution is -2.41. The fourth-order valence-corrected chi connectivity index (χ4v) is 4.25. The van der Waals surface area contributed by atoms with Gasteiger partial charge in [0.1, 0.15) is 6.04 Å². The Morgan fingerprint density at radius 2 is 2.18 bits per heavy atom. The van der Waals surface area contributed by atoms with Crippen LogP contribution in [0.5, 0.6) is 0 Å². The maximum Gasteiger partial charge on any atom is 0.410 e. The van der Waals surface area contributed by atoms with E-state index in [4.69, 9.17) is 4.74 Å². The summed E-state index contributed by atoms with van der Waals surface area (Å²) in [5.41, 5.74) is 5.50. The molecule has 28 heavy (non-hydrogen) atoms. The van der Waals surface area contributed by atoms with Gasteiger partial charge < -0.3 is 15.0 Å². The molecule has 2 aromatic heterocycles. The quantitative estimate of drug-likeness (QED) is 0.426. The number of anilines is 1. The van der Waals surface area contributed by atoms with Crippen LogP contribution in [-0.4, -0.2) is 46.1 Å². The van der Waals surface area contributed by atoms with Crippen molar-refractivity contribution in [3.8, 4) is 0 Å². The summed E-state index contributed by atoms with van der Waals surface area (Å²) in [6, 6.07) is 6.20. The highest BCUT2D eigenvalue weighted by molar-refractivity contribution is 14.1. The molecule has 0 fully saturated rings. The van der Waals surface area contributed by atoms with Crippen molar-refractivity contribution in [2.24, 2.45) is 0 Å². The predicted molar refractivity (Wildman–Crippen MR) is 117 cm³/mol. The molecule has 0 aliphatic carbocycles. The van der Waals surface area contributed by atoms with E-state index in [2.05, 4.69) is 61.1 Å². The summed E-state index contributed by atoms with van der Waals surface area (Å²) in [6.07, 6.45) is 4.01. The van der Waals surface area contributed by atoms with E-state index in [0.29, 0.717) is 19.1 Å². The van der Waals surface area contributed by atoms with Crippen LogP contribution in [0.25, 0.3) is 10.9 Å². The van der Waals surface area contributed by atoms with E-state index in [1.165, 1.54) is 16.5 Å². The summed E-state index contributed by atoms with van der Waals surface area (Å²) < 4.78 is 6.29. The highest BCUT2D eigenvalue weighted by Crippen LogP contribution is 2.38. The number of alkyl halides is 1. The lowest BCUT2D eigenvalue weighted by molar-refractivity contribution is 0.0931. The molecule has 1 aliphatic heterocycles. The van der Waals surface area contributed by atoms with Gasteiger partial charge in [0.2, 0.25) is 5.95 Å². The zero-order valence-electron chi connectivity index (χ0n) is 15.8. The van der Waals surface area contributed by atoms with Crippen molar-refractivity contribution in [2.45, 2.75) is 23.8 Å². The van der Waals surface area contributed by atoms with Gasteiger partial charge in [0, 0.05) is 52.6 Å². The van der Waals surface area contributed by atoms with Crippen LogP contribution < -0.4 is 5.32 Å². The number of ether oxygens (including phenoxy) is 1. The van der Waals surface area contributed by atoms with Crippen molar-refractivity contribution < 1.29 is 9.53 Å². The molecule has 3 heterocycles. The standard InChI is InChI=1S/C20H22IN5O2/c1-3-28-20(27)26-7-6-14-15-8-12(9-21)4-5-16(15)25-17(14)18(26)13-10-23-19(22-2)24-11-13/h4-5,8,10-11,18,25H,3,6-7,9H2,1-2H3,(H,22,23,24). The molecule has 1 unspecified atom stereocenters. The molecule has 7 nitrogen and oxygen atoms in total. The second kappa shape index (κ2) is 7.94. The van der Waals surface area contributed by atoms with Crippen LogP contribution in [0.15, 0.2) is 30.6 Å². The number of aromatic nitrogens is 3. The van der Waals surface area contributed by atoms with Crippen molar-refractivity contribution in [1.82, 2.24) is 19.9 Å². The molecular weight excluding hydrogens is 469 g/mol. The highest BCUT2D eigenvalue weighted by atomic mass is 127. The van der Waals surface area contributed by atoms with Crippen molar-refractivity contribution in [1.29, 1.82) is 0 Å². The maximum atomic E-state index is 12.7. The third-order valence-corrected chi connectivity index (χ3v) is 5.94. The molecule has 0 spiro atoms. The largest absolute Gasteiger partial charge is 0.450 e. The van der Waals surface area contributed by atoms with E-state index in [1.807, 2.05) is 6.92 Å². The zero-order valence-corrected chi connectivity index (χ0v) is 18.0. The highest BCUT2D eigenvalue weighted by Gasteiger charge is 2.35. The first kappa shape index (κ1) is 19.0. The second-order valence-corrected chi connectivity index (χ2v) is 7.43. The minimum atomic E-state index is -0.317. The number of carbonyl (C=O) groups excluding carboxylic acids is 1. The fourth-order valence-electron chi connectivity index (χ4n) is 3.78. The Bertz CT molecular complexity index is 1000. The molecule has 1 aliphatic rings. The third kappa shape index (κ3) is 3.30. The Morgan fingerprint density at radius 1 is 1.39 bits per heavy atom. The van der Waals surface area contributed by atoms with Crippen LogP contribution in [0, 0.1) is 0 Å². The normalized spacial score (nSPS) is 16.1. The summed E-state index contributed by atoms with van der Waals surface area (Å²) >= 11 is 2.38. The smallest absolute Gasteiger partial charge is 0.410 e. The average molecular weight is 491 g/mol. The molecule has 0 bridgehead atoms. The molecule has 8 heteroatoms. The number of aromatic amines is 1. The monoisotopic (exact) mass is 491 g/mol. The number of benzene rings is 1. The van der Waals surface area contributed by atoms with Crippen molar-refractivity contribution in [3.63, 3.8) is 0 Å². The van der Waals surface area contributed by atoms with Crippen molar-refractivity contribution >= 4 is 45.5 Å². The Balaban J connectivity index is 1.85. The SMILES string of the molecule is CCOC(=O)N1CCc2c([nH]c3ccc(CI)cc23)C1c1cnc(NC)nc1. The number of hydrogen-bond acceptors (Lipinski definition) is 5. The van der Waals surface area contributed by atoms with Crippen molar-refractivity contribution in [2.75, 3.05) is 25.5 Å². The number of H-pyrrole nitrogens is 1. The van der Waals surface area contributed by atoms with Gasteiger partial charge in [-0.3, -0.25) is 4.90 Å². The summed E-state index contributed by atoms with van der Waals surface area (Å²) in [7, 11) is 1.78. The van der Waals surface area contributed by atoms with Gasteiger partial charge in [-0.05, 0) is 36.6 Å². The third-order valence-electron chi connectivity index (χ3n) is 5.06. The number of rotatable bonds is 4. The first-order valence-electron chi connectivity index (χ1n) is 9.28. The number of hydrogen-bond donors (Lipinski definition) is 2. The molecule has 1 atom stereocenters. The Kier molecular flexibility index (Phi) is 5.38. The molecule has 0 saturated heterocycles. The van der Waals surface area contributed by atoms with Gasteiger partial charge >= 0.3 is 6.09 Å². The number of nitrogens with one attached hydrogen (secondary N) is 2. The summed E-state index contributed by atoms with van der Waals surface area (Å²) in [6.45, 7) is 2.75. The van der Waals surface area contributed by atoms with Gasteiger partial charge in [-0.1, -0.05) is 28.7 Å². The van der Waals surface area contributed by atoms with Crippen LogP contribution in [0.3, 0.4) is 0 Å². The van der Waals surface area contributed by atoms with Gasteiger partial charge in [0.15, 0.2) is 0 Å². The van der Waals surface area contributed by atoms with Gasteiger partial charge in [0.05, 0.1) is 6.61 Å². The molecule has 1 aromatic carbocycles. The summed E-state index contributed by atoms with van der Waals surface area (Å²) in [5, 5.41) is 4.16. The Morgan fingerprint density at radius 3 is 2.86 bits per heavy atom. The number of fused-ring (bicyclic) bond motifs is 3. The van der Waals surface area contributed by atoms with Gasteiger partial charge in [-0.15, -0.1) is 0 Å². The number of amides is 1. The first-order chi connectivity index (χ1) is 13.7. The van der Waals surface area contributed by atoms with E-state index in [1.54, 1.807) is 24.3 Å². The van der Waals surface area contributed by atoms with E-state index >= 15 is 0 Å². The summed E-state index contributed by atoms with van der Waals surface area (Å²) in [4.78, 5) is 26.7. The van der Waals surface area contributed by atoms with E-state index in [9.17, 15) is 4.79 Å². The fraction of sp³-hybridized carbons (Fsp3) is 0.350. The minimum Gasteiger partial charge on any atom is -0.450 e. The lowest BCUT2D eigenvalue weighted by Gasteiger charge is -2.35. The Hall–Kier alpha value is -2.36. The molecule has 4 rings (SSSR count). The summed E-state index contributed by atoms with van der Waals surface area (Å²) in [5.74, 6) is 0.547. The Labute approximate surface area is 177 Å². The molecule has 3 aromatic rings. The van der Waals surface area contributed by atoms with Gasteiger partial charge in [0.25, 0.3) is 0 Å². The molecule has 2 N–H and O–H groups in total. The predicted octanol–water partition coefficient (Wildman–Crippen LogP) is 4.04. The number of halogens is 1. The van der Waals surface area contributed by atoms with Crippen molar-refractivity contribution in [3.05, 3.63) is 53.0 Å². The van der Waals surface area contributed by atoms with Crippen LogP contribution in [0.1, 0.15) is 35.3 Å². The maximum absolute atomic E-state index is 12.7. The number of nitrogens with zero attached hydrogens (tertiary/aromatic N) is 3.